The SMILES string of the molecule is Oc1nc(F)c(Br)cc1Br. The molecule has 0 amide bonds. The van der Waals surface area contributed by atoms with E-state index in [-0.39, 0.29) is 10.4 Å². The number of pyridine rings is 1. The van der Waals surface area contributed by atoms with Gasteiger partial charge in [-0.15, -0.1) is 0 Å². The summed E-state index contributed by atoms with van der Waals surface area (Å²) in [6.45, 7) is 0. The Bertz CT molecular complexity index is 216. The molecule has 2 nitrogen and oxygen atoms in total. The van der Waals surface area contributed by atoms with E-state index in [9.17, 15) is 4.39 Å². The summed E-state index contributed by atoms with van der Waals surface area (Å²) in [5, 5.41) is 8.81. The molecule has 1 aromatic rings. The van der Waals surface area contributed by atoms with Crippen LogP contribution in [0.3, 0.4) is 0 Å². The largest absolute Gasteiger partial charge is 0.492 e. The van der Waals surface area contributed by atoms with Crippen molar-refractivity contribution < 1.29 is 9.50 Å². The van der Waals surface area contributed by atoms with Crippen LogP contribution in [0.2, 0.25) is 0 Å². The summed E-state index contributed by atoms with van der Waals surface area (Å²) >= 11 is 5.87. The Labute approximate surface area is 73.3 Å². The average Bonchev–Trinajstić information content (AvgIpc) is 1.84. The maximum absolute atomic E-state index is 12.4. The van der Waals surface area contributed by atoms with E-state index < -0.39 is 5.95 Å². The predicted octanol–water partition coefficient (Wildman–Crippen LogP) is 2.45. The molecule has 0 bridgehead atoms. The van der Waals surface area contributed by atoms with Crippen molar-refractivity contribution in [2.45, 2.75) is 0 Å². The second-order valence-electron chi connectivity index (χ2n) is 1.57. The number of hydrogen-bond donors (Lipinski definition) is 1. The summed E-state index contributed by atoms with van der Waals surface area (Å²) in [5.41, 5.74) is 0. The summed E-state index contributed by atoms with van der Waals surface area (Å²) in [5.74, 6) is -1.07. The molecule has 0 saturated heterocycles. The van der Waals surface area contributed by atoms with Crippen LogP contribution in [0.15, 0.2) is 15.0 Å². The Hall–Kier alpha value is -0.160. The molecule has 1 aromatic heterocycles. The fraction of sp³-hybridized carbons (Fsp3) is 0. The summed E-state index contributed by atoms with van der Waals surface area (Å²) in [6.07, 6.45) is 0. The topological polar surface area (TPSA) is 33.1 Å². The van der Waals surface area contributed by atoms with Gasteiger partial charge in [-0.1, -0.05) is 0 Å². The summed E-state index contributed by atoms with van der Waals surface area (Å²) in [4.78, 5) is 3.17. The zero-order valence-corrected chi connectivity index (χ0v) is 7.78. The van der Waals surface area contributed by atoms with Crippen LogP contribution in [0, 0.1) is 5.95 Å². The van der Waals surface area contributed by atoms with Crippen molar-refractivity contribution in [3.8, 4) is 5.88 Å². The fourth-order valence-corrected chi connectivity index (χ4v) is 1.38. The Morgan fingerprint density at radius 2 is 2.00 bits per heavy atom. The van der Waals surface area contributed by atoms with Crippen molar-refractivity contribution in [1.82, 2.24) is 4.98 Å². The molecule has 10 heavy (non-hydrogen) atoms. The maximum Gasteiger partial charge on any atom is 0.230 e. The average molecular weight is 271 g/mol. The number of nitrogens with zero attached hydrogens (tertiary/aromatic N) is 1. The van der Waals surface area contributed by atoms with Gasteiger partial charge in [-0.25, -0.2) is 0 Å². The normalized spacial score (nSPS) is 9.90. The van der Waals surface area contributed by atoms with Crippen LogP contribution >= 0.6 is 31.9 Å². The van der Waals surface area contributed by atoms with Crippen LogP contribution in [-0.4, -0.2) is 10.1 Å². The van der Waals surface area contributed by atoms with Gasteiger partial charge in [-0.2, -0.15) is 9.37 Å². The zero-order valence-electron chi connectivity index (χ0n) is 4.61. The van der Waals surface area contributed by atoms with Crippen molar-refractivity contribution in [2.24, 2.45) is 0 Å². The first-order chi connectivity index (χ1) is 4.61. The highest BCUT2D eigenvalue weighted by Crippen LogP contribution is 2.26. The van der Waals surface area contributed by atoms with Gasteiger partial charge in [-0.05, 0) is 37.9 Å². The van der Waals surface area contributed by atoms with Gasteiger partial charge < -0.3 is 5.11 Å². The van der Waals surface area contributed by atoms with Gasteiger partial charge in [0.05, 0.1) is 8.95 Å². The quantitative estimate of drug-likeness (QED) is 0.735. The van der Waals surface area contributed by atoms with Crippen LogP contribution in [0.5, 0.6) is 5.88 Å². The zero-order chi connectivity index (χ0) is 7.72. The first kappa shape index (κ1) is 7.94. The van der Waals surface area contributed by atoms with E-state index in [4.69, 9.17) is 5.11 Å². The molecular formula is C5H2Br2FNO. The molecular weight excluding hydrogens is 269 g/mol. The first-order valence-electron chi connectivity index (χ1n) is 2.32. The maximum atomic E-state index is 12.4. The Kier molecular flexibility index (Phi) is 2.25. The molecule has 0 unspecified atom stereocenters. The lowest BCUT2D eigenvalue weighted by Crippen LogP contribution is -1.84. The van der Waals surface area contributed by atoms with Gasteiger partial charge in [0.15, 0.2) is 0 Å². The van der Waals surface area contributed by atoms with Gasteiger partial charge >= 0.3 is 0 Å². The third-order valence-electron chi connectivity index (χ3n) is 0.868. The standard InChI is InChI=1S/C5H2Br2FNO/c6-2-1-3(7)5(10)9-4(2)8/h1H,(H,9,10). The van der Waals surface area contributed by atoms with E-state index in [2.05, 4.69) is 36.8 Å². The van der Waals surface area contributed by atoms with Crippen molar-refractivity contribution in [1.29, 1.82) is 0 Å². The van der Waals surface area contributed by atoms with E-state index >= 15 is 0 Å². The van der Waals surface area contributed by atoms with E-state index in [1.807, 2.05) is 0 Å². The van der Waals surface area contributed by atoms with Crippen LogP contribution < -0.4 is 0 Å². The molecule has 0 aliphatic heterocycles. The number of rotatable bonds is 0. The third-order valence-corrected chi connectivity index (χ3v) is 2.01. The number of halogens is 3. The molecule has 0 aromatic carbocycles. The minimum Gasteiger partial charge on any atom is -0.492 e. The van der Waals surface area contributed by atoms with Crippen LogP contribution in [-0.2, 0) is 0 Å². The fourth-order valence-electron chi connectivity index (χ4n) is 0.435. The van der Waals surface area contributed by atoms with Gasteiger partial charge in [-0.3, -0.25) is 0 Å². The lowest BCUT2D eigenvalue weighted by Gasteiger charge is -1.96. The molecule has 5 heteroatoms. The second-order valence-corrected chi connectivity index (χ2v) is 3.28. The van der Waals surface area contributed by atoms with Gasteiger partial charge in [0.1, 0.15) is 0 Å². The number of aromatic nitrogens is 1. The van der Waals surface area contributed by atoms with Gasteiger partial charge in [0.25, 0.3) is 0 Å². The Balaban J connectivity index is 3.28. The summed E-state index contributed by atoms with van der Waals surface area (Å²) < 4.78 is 13.0. The van der Waals surface area contributed by atoms with Crippen molar-refractivity contribution >= 4 is 31.9 Å². The van der Waals surface area contributed by atoms with E-state index in [0.29, 0.717) is 4.47 Å². The second kappa shape index (κ2) is 2.84. The molecule has 0 radical (unpaired) electrons. The lowest BCUT2D eigenvalue weighted by molar-refractivity contribution is 0.430. The highest BCUT2D eigenvalue weighted by atomic mass is 79.9. The van der Waals surface area contributed by atoms with Gasteiger partial charge in [0.2, 0.25) is 11.8 Å². The number of aromatic hydroxyl groups is 1. The Morgan fingerprint density at radius 1 is 1.40 bits per heavy atom. The molecule has 0 spiro atoms. The van der Waals surface area contributed by atoms with Crippen molar-refractivity contribution in [2.75, 3.05) is 0 Å². The van der Waals surface area contributed by atoms with Crippen molar-refractivity contribution in [3.63, 3.8) is 0 Å². The molecule has 1 heterocycles. The molecule has 0 saturated carbocycles. The summed E-state index contributed by atoms with van der Waals surface area (Å²) in [6, 6.07) is 1.39. The Morgan fingerprint density at radius 3 is 2.50 bits per heavy atom. The van der Waals surface area contributed by atoms with E-state index in [1.54, 1.807) is 0 Å². The summed E-state index contributed by atoms with van der Waals surface area (Å²) in [7, 11) is 0. The molecule has 1 N–H and O–H groups in total. The highest BCUT2D eigenvalue weighted by molar-refractivity contribution is 9.11. The molecule has 54 valence electrons. The van der Waals surface area contributed by atoms with Crippen LogP contribution in [0.25, 0.3) is 0 Å². The lowest BCUT2D eigenvalue weighted by atomic mass is 10.5. The minimum atomic E-state index is -0.722. The van der Waals surface area contributed by atoms with E-state index in [1.165, 1.54) is 6.07 Å². The molecule has 0 fully saturated rings. The highest BCUT2D eigenvalue weighted by Gasteiger charge is 2.05. The molecule has 1 rings (SSSR count). The van der Waals surface area contributed by atoms with Crippen LogP contribution in [0.4, 0.5) is 4.39 Å². The minimum absolute atomic E-state index is 0.220. The molecule has 0 aliphatic carbocycles. The smallest absolute Gasteiger partial charge is 0.230 e. The third kappa shape index (κ3) is 1.46. The predicted molar refractivity (Wildman–Crippen MR) is 41.3 cm³/mol. The number of hydrogen-bond acceptors (Lipinski definition) is 2. The molecule has 0 aliphatic rings. The molecule has 0 atom stereocenters. The van der Waals surface area contributed by atoms with Crippen LogP contribution in [0.1, 0.15) is 0 Å². The van der Waals surface area contributed by atoms with Crippen molar-refractivity contribution in [3.05, 3.63) is 21.0 Å². The monoisotopic (exact) mass is 269 g/mol. The van der Waals surface area contributed by atoms with E-state index in [0.717, 1.165) is 0 Å². The van der Waals surface area contributed by atoms with Gasteiger partial charge in [0, 0.05) is 0 Å². The first-order valence-corrected chi connectivity index (χ1v) is 3.90.